The molecule has 0 saturated carbocycles. The molecule has 1 aromatic carbocycles. The predicted molar refractivity (Wildman–Crippen MR) is 71.1 cm³/mol. The zero-order chi connectivity index (χ0) is 14.4. The zero-order valence-corrected chi connectivity index (χ0v) is 10.9. The molecule has 0 aliphatic rings. The largest absolute Gasteiger partial charge is 0.465 e. The number of carbonyl (C=O) groups is 2. The number of benzene rings is 1. The van der Waals surface area contributed by atoms with Crippen LogP contribution in [0, 0.1) is 0 Å². The summed E-state index contributed by atoms with van der Waals surface area (Å²) < 4.78 is 4.78. The van der Waals surface area contributed by atoms with Gasteiger partial charge < -0.3 is 10.1 Å². The summed E-state index contributed by atoms with van der Waals surface area (Å²) in [5, 5.41) is 10.4. The summed E-state index contributed by atoms with van der Waals surface area (Å²) >= 11 is 0. The third-order valence-corrected chi connectivity index (χ3v) is 2.39. The number of rotatable bonds is 5. The van der Waals surface area contributed by atoms with Crippen LogP contribution in [-0.4, -0.2) is 33.5 Å². The molecular formula is C13H14N4O3. The minimum Gasteiger partial charge on any atom is -0.465 e. The van der Waals surface area contributed by atoms with Crippen LogP contribution in [0.1, 0.15) is 17.3 Å². The molecule has 0 radical (unpaired) electrons. The van der Waals surface area contributed by atoms with Gasteiger partial charge in [-0.15, -0.1) is 5.10 Å². The Labute approximate surface area is 115 Å². The molecule has 1 amide bonds. The fourth-order valence-electron chi connectivity index (χ4n) is 1.53. The summed E-state index contributed by atoms with van der Waals surface area (Å²) in [7, 11) is 0. The highest BCUT2D eigenvalue weighted by molar-refractivity contribution is 6.03. The van der Waals surface area contributed by atoms with Gasteiger partial charge in [-0.25, -0.2) is 4.79 Å². The van der Waals surface area contributed by atoms with Crippen LogP contribution in [0.3, 0.4) is 0 Å². The number of hydrogen-bond acceptors (Lipinski definition) is 5. The van der Waals surface area contributed by atoms with Crippen molar-refractivity contribution in [2.24, 2.45) is 0 Å². The van der Waals surface area contributed by atoms with E-state index in [0.717, 1.165) is 0 Å². The second-order valence-corrected chi connectivity index (χ2v) is 3.89. The number of anilines is 1. The first-order valence-electron chi connectivity index (χ1n) is 6.11. The van der Waals surface area contributed by atoms with Crippen LogP contribution in [0.2, 0.25) is 0 Å². The van der Waals surface area contributed by atoms with Crippen LogP contribution >= 0.6 is 0 Å². The third kappa shape index (κ3) is 3.64. The van der Waals surface area contributed by atoms with Crippen LogP contribution in [0.5, 0.6) is 0 Å². The first kappa shape index (κ1) is 13.7. The van der Waals surface area contributed by atoms with Gasteiger partial charge in [-0.1, -0.05) is 18.2 Å². The van der Waals surface area contributed by atoms with E-state index in [1.165, 1.54) is 11.0 Å². The van der Waals surface area contributed by atoms with E-state index in [0.29, 0.717) is 12.2 Å². The Balaban J connectivity index is 1.96. The Morgan fingerprint density at radius 1 is 1.30 bits per heavy atom. The number of carbonyl (C=O) groups excluding carboxylic acids is 2. The summed E-state index contributed by atoms with van der Waals surface area (Å²) in [5.74, 6) is -0.430. The molecule has 1 N–H and O–H groups in total. The number of hydrogen-bond donors (Lipinski definition) is 1. The van der Waals surface area contributed by atoms with Crippen molar-refractivity contribution in [3.05, 3.63) is 42.1 Å². The van der Waals surface area contributed by atoms with Crippen LogP contribution in [0.4, 0.5) is 5.82 Å². The van der Waals surface area contributed by atoms with E-state index in [4.69, 9.17) is 4.74 Å². The van der Waals surface area contributed by atoms with Crippen LogP contribution < -0.4 is 5.32 Å². The molecule has 0 atom stereocenters. The highest BCUT2D eigenvalue weighted by Crippen LogP contribution is 2.04. The van der Waals surface area contributed by atoms with Crippen molar-refractivity contribution in [1.29, 1.82) is 0 Å². The summed E-state index contributed by atoms with van der Waals surface area (Å²) in [5.41, 5.74) is 0.521. The summed E-state index contributed by atoms with van der Waals surface area (Å²) in [6, 6.07) is 8.75. The third-order valence-electron chi connectivity index (χ3n) is 2.39. The normalized spacial score (nSPS) is 10.1. The van der Waals surface area contributed by atoms with Gasteiger partial charge >= 0.3 is 5.97 Å². The van der Waals surface area contributed by atoms with Crippen LogP contribution in [0.25, 0.3) is 0 Å². The molecule has 0 bridgehead atoms. The van der Waals surface area contributed by atoms with E-state index in [2.05, 4.69) is 15.5 Å². The van der Waals surface area contributed by atoms with E-state index in [-0.39, 0.29) is 18.3 Å². The molecule has 7 nitrogen and oxygen atoms in total. The summed E-state index contributed by atoms with van der Waals surface area (Å²) in [4.78, 5) is 24.3. The van der Waals surface area contributed by atoms with Crippen molar-refractivity contribution in [2.45, 2.75) is 13.5 Å². The number of nitrogens with zero attached hydrogens (tertiary/aromatic N) is 3. The molecule has 20 heavy (non-hydrogen) atoms. The number of esters is 1. The lowest BCUT2D eigenvalue weighted by Crippen LogP contribution is -2.16. The number of ether oxygens (including phenoxy) is 1. The molecule has 1 heterocycles. The van der Waals surface area contributed by atoms with E-state index in [1.807, 2.05) is 6.07 Å². The molecule has 2 rings (SSSR count). The maximum Gasteiger partial charge on any atom is 0.329 e. The van der Waals surface area contributed by atoms with Crippen molar-refractivity contribution in [1.82, 2.24) is 15.0 Å². The van der Waals surface area contributed by atoms with Crippen molar-refractivity contribution in [2.75, 3.05) is 11.9 Å². The molecule has 0 aliphatic heterocycles. The number of aromatic nitrogens is 3. The molecule has 7 heteroatoms. The van der Waals surface area contributed by atoms with Gasteiger partial charge in [0, 0.05) is 5.56 Å². The lowest BCUT2D eigenvalue weighted by Gasteiger charge is -2.01. The number of nitrogens with one attached hydrogen (secondary N) is 1. The molecule has 2 aromatic rings. The minimum absolute atomic E-state index is 0.0882. The Hall–Kier alpha value is -2.70. The molecule has 104 valence electrons. The average molecular weight is 274 g/mol. The molecule has 0 aliphatic carbocycles. The van der Waals surface area contributed by atoms with E-state index >= 15 is 0 Å². The maximum absolute atomic E-state index is 11.9. The van der Waals surface area contributed by atoms with E-state index in [9.17, 15) is 9.59 Å². The maximum atomic E-state index is 11.9. The SMILES string of the molecule is CCOC(=O)Cn1ncc(NC(=O)c2ccccc2)n1. The van der Waals surface area contributed by atoms with Gasteiger partial charge in [-0.05, 0) is 19.1 Å². The second kappa shape index (κ2) is 6.46. The Bertz CT molecular complexity index is 595. The topological polar surface area (TPSA) is 86.1 Å². The summed E-state index contributed by atoms with van der Waals surface area (Å²) in [6.07, 6.45) is 1.38. The fourth-order valence-corrected chi connectivity index (χ4v) is 1.53. The fraction of sp³-hybridized carbons (Fsp3) is 0.231. The predicted octanol–water partition coefficient (Wildman–Crippen LogP) is 1.09. The highest BCUT2D eigenvalue weighted by atomic mass is 16.5. The van der Waals surface area contributed by atoms with Gasteiger partial charge in [0.1, 0.15) is 0 Å². The van der Waals surface area contributed by atoms with E-state index < -0.39 is 5.97 Å². The lowest BCUT2D eigenvalue weighted by molar-refractivity contribution is -0.144. The zero-order valence-electron chi connectivity index (χ0n) is 10.9. The molecular weight excluding hydrogens is 260 g/mol. The first-order chi connectivity index (χ1) is 9.69. The Kier molecular flexibility index (Phi) is 4.43. The van der Waals surface area contributed by atoms with E-state index in [1.54, 1.807) is 31.2 Å². The van der Waals surface area contributed by atoms with Gasteiger partial charge in [-0.3, -0.25) is 4.79 Å². The van der Waals surface area contributed by atoms with Gasteiger partial charge in [0.15, 0.2) is 12.4 Å². The minimum atomic E-state index is -0.427. The molecule has 0 unspecified atom stereocenters. The van der Waals surface area contributed by atoms with Crippen LogP contribution in [0.15, 0.2) is 36.5 Å². The monoisotopic (exact) mass is 274 g/mol. The molecule has 0 spiro atoms. The van der Waals surface area contributed by atoms with Gasteiger partial charge in [0.2, 0.25) is 0 Å². The average Bonchev–Trinajstić information content (AvgIpc) is 2.87. The highest BCUT2D eigenvalue weighted by Gasteiger charge is 2.10. The molecule has 0 saturated heterocycles. The van der Waals surface area contributed by atoms with Gasteiger partial charge in [0.25, 0.3) is 5.91 Å². The smallest absolute Gasteiger partial charge is 0.329 e. The summed E-state index contributed by atoms with van der Waals surface area (Å²) in [6.45, 7) is 1.94. The standard InChI is InChI=1S/C13H14N4O3/c1-2-20-12(18)9-17-14-8-11(16-17)15-13(19)10-6-4-3-5-7-10/h3-8H,2,9H2,1H3,(H,15,16,19). The van der Waals surface area contributed by atoms with Crippen molar-refractivity contribution < 1.29 is 14.3 Å². The number of amides is 1. The van der Waals surface area contributed by atoms with Crippen molar-refractivity contribution in [3.8, 4) is 0 Å². The van der Waals surface area contributed by atoms with Crippen molar-refractivity contribution in [3.63, 3.8) is 0 Å². The van der Waals surface area contributed by atoms with Crippen LogP contribution in [-0.2, 0) is 16.1 Å². The first-order valence-corrected chi connectivity index (χ1v) is 6.11. The Morgan fingerprint density at radius 3 is 2.75 bits per heavy atom. The van der Waals surface area contributed by atoms with Gasteiger partial charge in [0.05, 0.1) is 12.8 Å². The quantitative estimate of drug-likeness (QED) is 0.825. The molecule has 1 aromatic heterocycles. The van der Waals surface area contributed by atoms with Gasteiger partial charge in [-0.2, -0.15) is 9.90 Å². The molecule has 0 fully saturated rings. The Morgan fingerprint density at radius 2 is 2.05 bits per heavy atom. The van der Waals surface area contributed by atoms with Crippen molar-refractivity contribution >= 4 is 17.7 Å². The second-order valence-electron chi connectivity index (χ2n) is 3.89. The lowest BCUT2D eigenvalue weighted by atomic mass is 10.2.